The molecule has 1 unspecified atom stereocenters. The highest BCUT2D eigenvalue weighted by atomic mass is 32.2. The number of hydrogen-bond donors (Lipinski definition) is 2. The molecule has 1 amide bonds. The lowest BCUT2D eigenvalue weighted by Crippen LogP contribution is -2.47. The van der Waals surface area contributed by atoms with Crippen LogP contribution < -0.4 is 5.32 Å². The van der Waals surface area contributed by atoms with Crippen LogP contribution in [0.25, 0.3) is 22.4 Å². The predicted octanol–water partition coefficient (Wildman–Crippen LogP) is 3.12. The summed E-state index contributed by atoms with van der Waals surface area (Å²) in [5.74, 6) is 0.570. The van der Waals surface area contributed by atoms with Crippen molar-refractivity contribution < 1.29 is 9.21 Å². The van der Waals surface area contributed by atoms with Crippen LogP contribution >= 0.6 is 11.8 Å². The van der Waals surface area contributed by atoms with Gasteiger partial charge in [-0.05, 0) is 31.7 Å². The zero-order chi connectivity index (χ0) is 18.1. The molecule has 1 saturated carbocycles. The maximum absolute atomic E-state index is 12.2. The number of carbonyl (C=O) groups excluding carboxylic acids is 1. The molecule has 1 aliphatic carbocycles. The Morgan fingerprint density at radius 3 is 3.04 bits per heavy atom. The van der Waals surface area contributed by atoms with Crippen LogP contribution in [0.2, 0.25) is 0 Å². The van der Waals surface area contributed by atoms with Gasteiger partial charge in [-0.15, -0.1) is 10.2 Å². The lowest BCUT2D eigenvalue weighted by atomic mass is 9.98. The van der Waals surface area contributed by atoms with E-state index in [4.69, 9.17) is 4.42 Å². The molecule has 0 aliphatic heterocycles. The molecule has 3 aromatic rings. The fourth-order valence-corrected chi connectivity index (χ4v) is 3.52. The molecule has 0 spiro atoms. The van der Waals surface area contributed by atoms with Crippen LogP contribution in [-0.2, 0) is 4.79 Å². The van der Waals surface area contributed by atoms with E-state index in [9.17, 15) is 10.1 Å². The highest BCUT2D eigenvalue weighted by Gasteiger charge is 2.42. The first kappa shape index (κ1) is 16.7. The SMILES string of the molecule is CC(C#N)(NC(=O)CSc1nnc(-c2c[nH]c3ccccc23)o1)C1CC1. The number of thioether (sulfide) groups is 1. The number of hydrogen-bond acceptors (Lipinski definition) is 6. The highest BCUT2D eigenvalue weighted by molar-refractivity contribution is 7.99. The first-order valence-corrected chi connectivity index (χ1v) is 9.33. The van der Waals surface area contributed by atoms with E-state index in [-0.39, 0.29) is 17.6 Å². The number of nitrogens with one attached hydrogen (secondary N) is 2. The average Bonchev–Trinajstić information content (AvgIpc) is 3.27. The fraction of sp³-hybridized carbons (Fsp3) is 0.333. The molecule has 7 nitrogen and oxygen atoms in total. The van der Waals surface area contributed by atoms with Crippen molar-refractivity contribution in [3.8, 4) is 17.5 Å². The summed E-state index contributed by atoms with van der Waals surface area (Å²) in [5.41, 5.74) is 1.03. The second kappa shape index (κ2) is 6.50. The molecule has 26 heavy (non-hydrogen) atoms. The summed E-state index contributed by atoms with van der Waals surface area (Å²) < 4.78 is 5.68. The number of nitrogens with zero attached hydrogens (tertiary/aromatic N) is 3. The molecule has 1 fully saturated rings. The van der Waals surface area contributed by atoms with E-state index >= 15 is 0 Å². The van der Waals surface area contributed by atoms with Gasteiger partial charge in [-0.3, -0.25) is 4.79 Å². The van der Waals surface area contributed by atoms with Crippen molar-refractivity contribution in [3.05, 3.63) is 30.5 Å². The number of aromatic nitrogens is 3. The topological polar surface area (TPSA) is 108 Å². The Kier molecular flexibility index (Phi) is 4.17. The summed E-state index contributed by atoms with van der Waals surface area (Å²) in [6.45, 7) is 1.77. The highest BCUT2D eigenvalue weighted by Crippen LogP contribution is 2.39. The Bertz CT molecular complexity index is 1000. The summed E-state index contributed by atoms with van der Waals surface area (Å²) in [6.07, 6.45) is 3.79. The predicted molar refractivity (Wildman–Crippen MR) is 97.2 cm³/mol. The largest absolute Gasteiger partial charge is 0.411 e. The summed E-state index contributed by atoms with van der Waals surface area (Å²) in [6, 6.07) is 10.1. The molecule has 2 N–H and O–H groups in total. The molecule has 0 saturated heterocycles. The Hall–Kier alpha value is -2.79. The third-order valence-electron chi connectivity index (χ3n) is 4.58. The summed E-state index contributed by atoms with van der Waals surface area (Å²) in [4.78, 5) is 15.3. The smallest absolute Gasteiger partial charge is 0.277 e. The molecule has 2 aromatic heterocycles. The average molecular weight is 367 g/mol. The van der Waals surface area contributed by atoms with Crippen molar-refractivity contribution in [1.29, 1.82) is 5.26 Å². The second-order valence-electron chi connectivity index (χ2n) is 6.55. The van der Waals surface area contributed by atoms with Crippen molar-refractivity contribution in [2.75, 3.05) is 5.75 Å². The van der Waals surface area contributed by atoms with E-state index < -0.39 is 5.54 Å². The first-order valence-electron chi connectivity index (χ1n) is 8.34. The lowest BCUT2D eigenvalue weighted by Gasteiger charge is -2.22. The summed E-state index contributed by atoms with van der Waals surface area (Å²) in [5, 5.41) is 21.5. The third-order valence-corrected chi connectivity index (χ3v) is 5.40. The van der Waals surface area contributed by atoms with Crippen molar-refractivity contribution in [2.24, 2.45) is 5.92 Å². The van der Waals surface area contributed by atoms with Gasteiger partial charge in [-0.1, -0.05) is 30.0 Å². The molecule has 0 bridgehead atoms. The molecule has 0 radical (unpaired) electrons. The van der Waals surface area contributed by atoms with E-state index in [1.807, 2.05) is 30.5 Å². The summed E-state index contributed by atoms with van der Waals surface area (Å²) in [7, 11) is 0. The van der Waals surface area contributed by atoms with Crippen LogP contribution in [0.1, 0.15) is 19.8 Å². The molecule has 132 valence electrons. The maximum Gasteiger partial charge on any atom is 0.277 e. The van der Waals surface area contributed by atoms with E-state index in [0.717, 1.165) is 41.1 Å². The zero-order valence-electron chi connectivity index (χ0n) is 14.2. The van der Waals surface area contributed by atoms with E-state index in [2.05, 4.69) is 26.6 Å². The van der Waals surface area contributed by atoms with Gasteiger partial charge in [0.05, 0.1) is 17.4 Å². The van der Waals surface area contributed by atoms with Crippen LogP contribution in [0.4, 0.5) is 0 Å². The minimum Gasteiger partial charge on any atom is -0.411 e. The van der Waals surface area contributed by atoms with Crippen LogP contribution in [-0.4, -0.2) is 32.4 Å². The van der Waals surface area contributed by atoms with Crippen molar-refractivity contribution in [2.45, 2.75) is 30.5 Å². The number of benzene rings is 1. The van der Waals surface area contributed by atoms with Crippen molar-refractivity contribution >= 4 is 28.6 Å². The standard InChI is InChI=1S/C18H17N5O2S/c1-18(10-19,11-6-7-11)21-15(24)9-26-17-23-22-16(25-17)13-8-20-14-5-3-2-4-12(13)14/h2-5,8,11,20H,6-7,9H2,1H3,(H,21,24). The third kappa shape index (κ3) is 3.18. The quantitative estimate of drug-likeness (QED) is 0.648. The number of nitriles is 1. The second-order valence-corrected chi connectivity index (χ2v) is 7.47. The van der Waals surface area contributed by atoms with Gasteiger partial charge in [0.15, 0.2) is 0 Å². The normalized spacial score (nSPS) is 16.2. The number of amides is 1. The zero-order valence-corrected chi connectivity index (χ0v) is 15.0. The lowest BCUT2D eigenvalue weighted by molar-refractivity contribution is -0.119. The fourth-order valence-electron chi connectivity index (χ4n) is 2.96. The van der Waals surface area contributed by atoms with Crippen LogP contribution in [0, 0.1) is 17.2 Å². The van der Waals surface area contributed by atoms with E-state index in [1.54, 1.807) is 6.92 Å². The maximum atomic E-state index is 12.2. The number of carbonyl (C=O) groups is 1. The minimum absolute atomic E-state index is 0.125. The van der Waals surface area contributed by atoms with Crippen LogP contribution in [0.5, 0.6) is 0 Å². The molecule has 4 rings (SSSR count). The Morgan fingerprint density at radius 1 is 1.46 bits per heavy atom. The van der Waals surface area contributed by atoms with Crippen molar-refractivity contribution in [1.82, 2.24) is 20.5 Å². The number of aromatic amines is 1. The Balaban J connectivity index is 1.41. The van der Waals surface area contributed by atoms with Gasteiger partial charge in [-0.2, -0.15) is 5.26 Å². The Labute approximate surface area is 154 Å². The van der Waals surface area contributed by atoms with Gasteiger partial charge in [0.1, 0.15) is 5.54 Å². The molecule has 1 aromatic carbocycles. The summed E-state index contributed by atoms with van der Waals surface area (Å²) >= 11 is 1.16. The molecule has 2 heterocycles. The van der Waals surface area contributed by atoms with Gasteiger partial charge in [-0.25, -0.2) is 0 Å². The monoisotopic (exact) mass is 367 g/mol. The van der Waals surface area contributed by atoms with Gasteiger partial charge >= 0.3 is 0 Å². The number of para-hydroxylation sites is 1. The van der Waals surface area contributed by atoms with Crippen LogP contribution in [0.3, 0.4) is 0 Å². The molecule has 1 atom stereocenters. The molecular formula is C18H17N5O2S. The molecular weight excluding hydrogens is 350 g/mol. The van der Waals surface area contributed by atoms with Gasteiger partial charge in [0.2, 0.25) is 5.91 Å². The van der Waals surface area contributed by atoms with Crippen molar-refractivity contribution in [3.63, 3.8) is 0 Å². The number of rotatable bonds is 6. The van der Waals surface area contributed by atoms with Gasteiger partial charge in [0, 0.05) is 17.1 Å². The number of H-pyrrole nitrogens is 1. The molecule has 1 aliphatic rings. The van der Waals surface area contributed by atoms with E-state index in [1.165, 1.54) is 0 Å². The van der Waals surface area contributed by atoms with Gasteiger partial charge < -0.3 is 14.7 Å². The first-order chi connectivity index (χ1) is 12.6. The number of fused-ring (bicyclic) bond motifs is 1. The Morgan fingerprint density at radius 2 is 2.27 bits per heavy atom. The molecule has 8 heteroatoms. The van der Waals surface area contributed by atoms with E-state index in [0.29, 0.717) is 11.1 Å². The minimum atomic E-state index is -0.790. The van der Waals surface area contributed by atoms with Gasteiger partial charge in [0.25, 0.3) is 11.1 Å². The van der Waals surface area contributed by atoms with Crippen LogP contribution in [0.15, 0.2) is 40.1 Å².